The maximum absolute atomic E-state index is 13.0. The van der Waals surface area contributed by atoms with Gasteiger partial charge in [0.05, 0.1) is 11.6 Å². The van der Waals surface area contributed by atoms with Crippen LogP contribution in [0.5, 0.6) is 0 Å². The molecular weight excluding hydrogens is 374 g/mol. The van der Waals surface area contributed by atoms with Crippen molar-refractivity contribution in [2.24, 2.45) is 0 Å². The summed E-state index contributed by atoms with van der Waals surface area (Å²) in [5.74, 6) is -1.27. The van der Waals surface area contributed by atoms with Crippen molar-refractivity contribution in [3.63, 3.8) is 0 Å². The van der Waals surface area contributed by atoms with Crippen LogP contribution in [-0.2, 0) is 9.59 Å². The molecule has 2 aromatic rings. The number of hydrogen-bond acceptors (Lipinski definition) is 3. The van der Waals surface area contributed by atoms with E-state index in [9.17, 15) is 14.7 Å². The van der Waals surface area contributed by atoms with Crippen LogP contribution >= 0.6 is 11.6 Å². The first-order chi connectivity index (χ1) is 13.5. The summed E-state index contributed by atoms with van der Waals surface area (Å²) in [5.41, 5.74) is 2.53. The Labute approximate surface area is 169 Å². The van der Waals surface area contributed by atoms with Crippen molar-refractivity contribution in [2.45, 2.75) is 44.7 Å². The Hall–Kier alpha value is -2.59. The molecule has 0 bridgehead atoms. The second-order valence-corrected chi connectivity index (χ2v) is 8.00. The maximum Gasteiger partial charge on any atom is 0.295 e. The highest BCUT2D eigenvalue weighted by Gasteiger charge is 2.49. The van der Waals surface area contributed by atoms with Crippen LogP contribution in [0, 0.1) is 6.92 Å². The van der Waals surface area contributed by atoms with E-state index < -0.39 is 17.7 Å². The Morgan fingerprint density at radius 2 is 1.61 bits per heavy atom. The van der Waals surface area contributed by atoms with E-state index in [1.807, 2.05) is 31.2 Å². The van der Waals surface area contributed by atoms with Crippen molar-refractivity contribution in [3.05, 3.63) is 75.8 Å². The standard InChI is InChI=1S/C23H22ClNO3/c1-14-6-8-16(9-7-14)21(26)19-20(15-10-12-17(24)13-11-15)25(23(28)22(19)27)18-4-2-3-5-18/h6-13,18,20,26H,2-5H2,1H3/b21-19-. The molecule has 2 fully saturated rings. The van der Waals surface area contributed by atoms with Gasteiger partial charge in [0.25, 0.3) is 11.7 Å². The average Bonchev–Trinajstić information content (AvgIpc) is 3.30. The lowest BCUT2D eigenvalue weighted by atomic mass is 9.94. The average molecular weight is 396 g/mol. The zero-order valence-electron chi connectivity index (χ0n) is 15.7. The molecule has 1 N–H and O–H groups in total. The quantitative estimate of drug-likeness (QED) is 0.451. The molecule has 5 heteroatoms. The molecule has 2 aliphatic rings. The zero-order chi connectivity index (χ0) is 19.8. The topological polar surface area (TPSA) is 57.6 Å². The molecule has 1 heterocycles. The Bertz CT molecular complexity index is 941. The van der Waals surface area contributed by atoms with Gasteiger partial charge in [-0.1, -0.05) is 66.4 Å². The smallest absolute Gasteiger partial charge is 0.295 e. The summed E-state index contributed by atoms with van der Waals surface area (Å²) < 4.78 is 0. The highest BCUT2D eigenvalue weighted by Crippen LogP contribution is 2.43. The van der Waals surface area contributed by atoms with E-state index >= 15 is 0 Å². The summed E-state index contributed by atoms with van der Waals surface area (Å²) in [6.07, 6.45) is 3.83. The van der Waals surface area contributed by atoms with Gasteiger partial charge >= 0.3 is 0 Å². The van der Waals surface area contributed by atoms with Crippen LogP contribution < -0.4 is 0 Å². The number of Topliss-reactive ketones (excluding diaryl/α,β-unsaturated/α-hetero) is 1. The normalized spacial score (nSPS) is 22.2. The number of likely N-dealkylation sites (tertiary alicyclic amines) is 1. The Morgan fingerprint density at radius 1 is 1.00 bits per heavy atom. The minimum absolute atomic E-state index is 0.0143. The highest BCUT2D eigenvalue weighted by molar-refractivity contribution is 6.46. The third kappa shape index (κ3) is 3.22. The van der Waals surface area contributed by atoms with Crippen molar-refractivity contribution in [3.8, 4) is 0 Å². The molecule has 0 aromatic heterocycles. The largest absolute Gasteiger partial charge is 0.507 e. The second kappa shape index (κ2) is 7.44. The molecule has 0 spiro atoms. The minimum Gasteiger partial charge on any atom is -0.507 e. The predicted molar refractivity (Wildman–Crippen MR) is 109 cm³/mol. The number of aliphatic hydroxyl groups excluding tert-OH is 1. The van der Waals surface area contributed by atoms with E-state index in [0.29, 0.717) is 10.6 Å². The summed E-state index contributed by atoms with van der Waals surface area (Å²) in [6.45, 7) is 1.95. The van der Waals surface area contributed by atoms with Gasteiger partial charge in [-0.3, -0.25) is 9.59 Å². The van der Waals surface area contributed by atoms with Crippen LogP contribution in [0.15, 0.2) is 54.1 Å². The Kier molecular flexibility index (Phi) is 4.98. The van der Waals surface area contributed by atoms with Gasteiger partial charge in [-0.05, 0) is 37.5 Å². The summed E-state index contributed by atoms with van der Waals surface area (Å²) in [7, 11) is 0. The number of rotatable bonds is 3. The Morgan fingerprint density at radius 3 is 2.21 bits per heavy atom. The molecule has 28 heavy (non-hydrogen) atoms. The van der Waals surface area contributed by atoms with Crippen molar-refractivity contribution >= 4 is 29.1 Å². The predicted octanol–water partition coefficient (Wildman–Crippen LogP) is 5.01. The zero-order valence-corrected chi connectivity index (χ0v) is 16.4. The van der Waals surface area contributed by atoms with Crippen molar-refractivity contribution in [2.75, 3.05) is 0 Å². The number of aryl methyl sites for hydroxylation is 1. The SMILES string of the molecule is Cc1ccc(/C(O)=C2/C(=O)C(=O)N(C3CCCC3)C2c2ccc(Cl)cc2)cc1. The molecule has 4 rings (SSSR count). The van der Waals surface area contributed by atoms with E-state index in [1.165, 1.54) is 0 Å². The van der Waals surface area contributed by atoms with Gasteiger partial charge in [0.1, 0.15) is 5.76 Å². The molecule has 1 aliphatic heterocycles. The summed E-state index contributed by atoms with van der Waals surface area (Å²) in [6, 6.07) is 13.8. The van der Waals surface area contributed by atoms with Gasteiger partial charge < -0.3 is 10.0 Å². The maximum atomic E-state index is 13.0. The summed E-state index contributed by atoms with van der Waals surface area (Å²) in [5, 5.41) is 11.6. The summed E-state index contributed by atoms with van der Waals surface area (Å²) >= 11 is 6.04. The van der Waals surface area contributed by atoms with E-state index in [0.717, 1.165) is 36.8 Å². The van der Waals surface area contributed by atoms with Crippen molar-refractivity contribution in [1.82, 2.24) is 4.90 Å². The van der Waals surface area contributed by atoms with Crippen molar-refractivity contribution in [1.29, 1.82) is 0 Å². The fourth-order valence-corrected chi connectivity index (χ4v) is 4.37. The molecule has 1 amide bonds. The van der Waals surface area contributed by atoms with E-state index in [-0.39, 0.29) is 17.4 Å². The molecule has 1 unspecified atom stereocenters. The van der Waals surface area contributed by atoms with Gasteiger partial charge in [0, 0.05) is 16.6 Å². The third-order valence-corrected chi connectivity index (χ3v) is 5.96. The third-order valence-electron chi connectivity index (χ3n) is 5.71. The first kappa shape index (κ1) is 18.8. The van der Waals surface area contributed by atoms with Crippen LogP contribution in [0.1, 0.15) is 48.4 Å². The molecule has 1 saturated heterocycles. The molecule has 0 radical (unpaired) electrons. The van der Waals surface area contributed by atoms with Crippen molar-refractivity contribution < 1.29 is 14.7 Å². The molecule has 1 aliphatic carbocycles. The number of nitrogens with zero attached hydrogens (tertiary/aromatic N) is 1. The van der Waals surface area contributed by atoms with Gasteiger partial charge in [-0.15, -0.1) is 0 Å². The van der Waals surface area contributed by atoms with Gasteiger partial charge in [-0.25, -0.2) is 0 Å². The van der Waals surface area contributed by atoms with Crippen LogP contribution in [0.3, 0.4) is 0 Å². The first-order valence-corrected chi connectivity index (χ1v) is 9.98. The minimum atomic E-state index is -0.620. The molecule has 1 atom stereocenters. The second-order valence-electron chi connectivity index (χ2n) is 7.56. The number of aliphatic hydroxyl groups is 1. The molecule has 2 aromatic carbocycles. The van der Waals surface area contributed by atoms with Crippen LogP contribution in [0.25, 0.3) is 5.76 Å². The lowest BCUT2D eigenvalue weighted by Gasteiger charge is -2.30. The summed E-state index contributed by atoms with van der Waals surface area (Å²) in [4.78, 5) is 27.6. The van der Waals surface area contributed by atoms with E-state index in [1.54, 1.807) is 29.2 Å². The van der Waals surface area contributed by atoms with Crippen LogP contribution in [0.4, 0.5) is 0 Å². The van der Waals surface area contributed by atoms with E-state index in [4.69, 9.17) is 11.6 Å². The number of halogens is 1. The number of carbonyl (C=O) groups is 2. The number of amides is 1. The van der Waals surface area contributed by atoms with Gasteiger partial charge in [0.2, 0.25) is 0 Å². The molecular formula is C23H22ClNO3. The number of ketones is 1. The fraction of sp³-hybridized carbons (Fsp3) is 0.304. The molecule has 144 valence electrons. The Balaban J connectivity index is 1.87. The molecule has 1 saturated carbocycles. The lowest BCUT2D eigenvalue weighted by Crippen LogP contribution is -2.37. The number of hydrogen-bond donors (Lipinski definition) is 1. The lowest BCUT2D eigenvalue weighted by molar-refractivity contribution is -0.141. The van der Waals surface area contributed by atoms with E-state index in [2.05, 4.69) is 0 Å². The number of benzene rings is 2. The van der Waals surface area contributed by atoms with Gasteiger partial charge in [0.15, 0.2) is 0 Å². The number of carbonyl (C=O) groups excluding carboxylic acids is 2. The molecule has 4 nitrogen and oxygen atoms in total. The van der Waals surface area contributed by atoms with Gasteiger partial charge in [-0.2, -0.15) is 0 Å². The monoisotopic (exact) mass is 395 g/mol. The fourth-order valence-electron chi connectivity index (χ4n) is 4.25. The first-order valence-electron chi connectivity index (χ1n) is 9.60. The van der Waals surface area contributed by atoms with Crippen LogP contribution in [-0.4, -0.2) is 27.7 Å². The van der Waals surface area contributed by atoms with Crippen LogP contribution in [0.2, 0.25) is 5.02 Å². The highest BCUT2D eigenvalue weighted by atomic mass is 35.5.